The predicted molar refractivity (Wildman–Crippen MR) is 65.0 cm³/mol. The molecule has 0 aliphatic heterocycles. The molecule has 4 N–H and O–H groups in total. The van der Waals surface area contributed by atoms with Gasteiger partial charge in [0.25, 0.3) is 5.91 Å². The molecule has 1 aromatic rings. The molecular formula is C10H12BrN3O2. The van der Waals surface area contributed by atoms with E-state index < -0.39 is 0 Å². The molecule has 0 aliphatic rings. The lowest BCUT2D eigenvalue weighted by molar-refractivity contribution is -0.119. The fourth-order valence-corrected chi connectivity index (χ4v) is 1.61. The quantitative estimate of drug-likeness (QED) is 0.708. The number of hydrogen-bond donors (Lipinski definition) is 3. The van der Waals surface area contributed by atoms with Crippen LogP contribution >= 0.6 is 15.9 Å². The third-order valence-corrected chi connectivity index (χ3v) is 2.33. The number of nitrogens with two attached hydrogens (primary N) is 1. The van der Waals surface area contributed by atoms with E-state index in [2.05, 4.69) is 26.6 Å². The summed E-state index contributed by atoms with van der Waals surface area (Å²) in [4.78, 5) is 22.5. The predicted octanol–water partition coefficient (Wildman–Crippen LogP) is 0.507. The van der Waals surface area contributed by atoms with E-state index in [1.807, 2.05) is 0 Å². The average molecular weight is 286 g/mol. The molecule has 1 rings (SSSR count). The van der Waals surface area contributed by atoms with Crippen LogP contribution in [0.25, 0.3) is 0 Å². The Hall–Kier alpha value is -1.56. The summed E-state index contributed by atoms with van der Waals surface area (Å²) < 4.78 is 0.720. The largest absolute Gasteiger partial charge is 0.399 e. The molecule has 0 aliphatic carbocycles. The van der Waals surface area contributed by atoms with Gasteiger partial charge in [0.1, 0.15) is 0 Å². The molecule has 0 atom stereocenters. The standard InChI is InChI=1S/C10H12BrN3O2/c1-13-9(15)5-14-10(16)6-2-7(11)4-8(12)3-6/h2-4H,5,12H2,1H3,(H,13,15)(H,14,16). The zero-order valence-electron chi connectivity index (χ0n) is 8.71. The summed E-state index contributed by atoms with van der Waals surface area (Å²) in [6.45, 7) is -0.0538. The molecule has 0 radical (unpaired) electrons. The summed E-state index contributed by atoms with van der Waals surface area (Å²) in [6, 6.07) is 4.87. The molecule has 86 valence electrons. The van der Waals surface area contributed by atoms with Crippen LogP contribution in [0.15, 0.2) is 22.7 Å². The van der Waals surface area contributed by atoms with Crippen molar-refractivity contribution in [2.75, 3.05) is 19.3 Å². The summed E-state index contributed by atoms with van der Waals surface area (Å²) in [7, 11) is 1.51. The summed E-state index contributed by atoms with van der Waals surface area (Å²) in [5.74, 6) is -0.590. The van der Waals surface area contributed by atoms with Crippen LogP contribution in [-0.2, 0) is 4.79 Å². The zero-order chi connectivity index (χ0) is 12.1. The Balaban J connectivity index is 2.69. The number of nitrogen functional groups attached to an aromatic ring is 1. The molecule has 0 unspecified atom stereocenters. The molecule has 2 amide bonds. The molecule has 0 spiro atoms. The van der Waals surface area contributed by atoms with E-state index in [1.165, 1.54) is 7.05 Å². The average Bonchev–Trinajstić information content (AvgIpc) is 2.23. The first kappa shape index (κ1) is 12.5. The lowest BCUT2D eigenvalue weighted by Gasteiger charge is -2.05. The van der Waals surface area contributed by atoms with Crippen molar-refractivity contribution < 1.29 is 9.59 Å². The van der Waals surface area contributed by atoms with Crippen LogP contribution in [0, 0.1) is 0 Å². The molecule has 0 aromatic heterocycles. The molecular weight excluding hydrogens is 274 g/mol. The zero-order valence-corrected chi connectivity index (χ0v) is 10.3. The van der Waals surface area contributed by atoms with Gasteiger partial charge in [-0.2, -0.15) is 0 Å². The van der Waals surface area contributed by atoms with Gasteiger partial charge in [-0.1, -0.05) is 15.9 Å². The fourth-order valence-electron chi connectivity index (χ4n) is 1.09. The van der Waals surface area contributed by atoms with Gasteiger partial charge in [0, 0.05) is 22.8 Å². The highest BCUT2D eigenvalue weighted by Crippen LogP contribution is 2.16. The number of carbonyl (C=O) groups is 2. The first-order valence-electron chi connectivity index (χ1n) is 4.58. The van der Waals surface area contributed by atoms with Gasteiger partial charge in [-0.05, 0) is 18.2 Å². The Bertz CT molecular complexity index is 400. The second-order valence-electron chi connectivity index (χ2n) is 3.13. The van der Waals surface area contributed by atoms with Gasteiger partial charge in [0.2, 0.25) is 5.91 Å². The smallest absolute Gasteiger partial charge is 0.251 e. The van der Waals surface area contributed by atoms with Crippen LogP contribution in [0.3, 0.4) is 0 Å². The van der Waals surface area contributed by atoms with Gasteiger partial charge in [-0.25, -0.2) is 0 Å². The minimum absolute atomic E-state index is 0.0538. The highest BCUT2D eigenvalue weighted by atomic mass is 79.9. The third-order valence-electron chi connectivity index (χ3n) is 1.87. The van der Waals surface area contributed by atoms with Crippen LogP contribution in [0.4, 0.5) is 5.69 Å². The van der Waals surface area contributed by atoms with E-state index in [1.54, 1.807) is 18.2 Å². The number of anilines is 1. The summed E-state index contributed by atoms with van der Waals surface area (Å²) in [6.07, 6.45) is 0. The summed E-state index contributed by atoms with van der Waals surface area (Å²) in [5, 5.41) is 4.88. The number of benzene rings is 1. The van der Waals surface area contributed by atoms with E-state index in [0.717, 1.165) is 4.47 Å². The Morgan fingerprint density at radius 2 is 2.06 bits per heavy atom. The fraction of sp³-hybridized carbons (Fsp3) is 0.200. The van der Waals surface area contributed by atoms with Crippen LogP contribution in [-0.4, -0.2) is 25.4 Å². The van der Waals surface area contributed by atoms with Gasteiger partial charge in [0.15, 0.2) is 0 Å². The SMILES string of the molecule is CNC(=O)CNC(=O)c1cc(N)cc(Br)c1. The molecule has 1 aromatic carbocycles. The monoisotopic (exact) mass is 285 g/mol. The number of likely N-dealkylation sites (N-methyl/N-ethyl adjacent to an activating group) is 1. The van der Waals surface area contributed by atoms with E-state index in [4.69, 9.17) is 5.73 Å². The Morgan fingerprint density at radius 3 is 2.62 bits per heavy atom. The number of nitrogens with one attached hydrogen (secondary N) is 2. The lowest BCUT2D eigenvalue weighted by Crippen LogP contribution is -2.35. The van der Waals surface area contributed by atoms with Crippen molar-refractivity contribution in [3.63, 3.8) is 0 Å². The molecule has 0 heterocycles. The minimum atomic E-state index is -0.336. The van der Waals surface area contributed by atoms with E-state index >= 15 is 0 Å². The van der Waals surface area contributed by atoms with Crippen molar-refractivity contribution in [3.8, 4) is 0 Å². The minimum Gasteiger partial charge on any atom is -0.399 e. The molecule has 0 saturated heterocycles. The second kappa shape index (κ2) is 5.50. The van der Waals surface area contributed by atoms with E-state index in [9.17, 15) is 9.59 Å². The van der Waals surface area contributed by atoms with Crippen molar-refractivity contribution in [2.45, 2.75) is 0 Å². The van der Waals surface area contributed by atoms with E-state index in [0.29, 0.717) is 11.3 Å². The van der Waals surface area contributed by atoms with Crippen LogP contribution in [0.2, 0.25) is 0 Å². The lowest BCUT2D eigenvalue weighted by atomic mass is 10.2. The van der Waals surface area contributed by atoms with Crippen molar-refractivity contribution in [1.82, 2.24) is 10.6 Å². The van der Waals surface area contributed by atoms with Gasteiger partial charge in [-0.3, -0.25) is 9.59 Å². The maximum absolute atomic E-state index is 11.6. The van der Waals surface area contributed by atoms with Crippen LogP contribution in [0.1, 0.15) is 10.4 Å². The summed E-state index contributed by atoms with van der Waals surface area (Å²) in [5.41, 5.74) is 6.49. The van der Waals surface area contributed by atoms with Gasteiger partial charge in [-0.15, -0.1) is 0 Å². The molecule has 16 heavy (non-hydrogen) atoms. The van der Waals surface area contributed by atoms with Gasteiger partial charge in [0.05, 0.1) is 6.54 Å². The van der Waals surface area contributed by atoms with Crippen LogP contribution < -0.4 is 16.4 Å². The van der Waals surface area contributed by atoms with Crippen LogP contribution in [0.5, 0.6) is 0 Å². The molecule has 0 fully saturated rings. The molecule has 5 nitrogen and oxygen atoms in total. The first-order chi connectivity index (χ1) is 7.52. The van der Waals surface area contributed by atoms with Crippen molar-refractivity contribution in [3.05, 3.63) is 28.2 Å². The number of halogens is 1. The second-order valence-corrected chi connectivity index (χ2v) is 4.04. The highest BCUT2D eigenvalue weighted by molar-refractivity contribution is 9.10. The molecule has 0 bridgehead atoms. The molecule has 0 saturated carbocycles. The third kappa shape index (κ3) is 3.54. The number of amides is 2. The topological polar surface area (TPSA) is 84.2 Å². The number of hydrogen-bond acceptors (Lipinski definition) is 3. The van der Waals surface area contributed by atoms with Gasteiger partial charge >= 0.3 is 0 Å². The van der Waals surface area contributed by atoms with Crippen molar-refractivity contribution in [1.29, 1.82) is 0 Å². The van der Waals surface area contributed by atoms with Crippen molar-refractivity contribution in [2.24, 2.45) is 0 Å². The number of rotatable bonds is 3. The maximum Gasteiger partial charge on any atom is 0.251 e. The van der Waals surface area contributed by atoms with E-state index in [-0.39, 0.29) is 18.4 Å². The van der Waals surface area contributed by atoms with Crippen molar-refractivity contribution >= 4 is 33.4 Å². The highest BCUT2D eigenvalue weighted by Gasteiger charge is 2.08. The Labute approximate surface area is 102 Å². The Morgan fingerprint density at radius 1 is 1.38 bits per heavy atom. The summed E-state index contributed by atoms with van der Waals surface area (Å²) >= 11 is 3.24. The molecule has 6 heteroatoms. The maximum atomic E-state index is 11.6. The first-order valence-corrected chi connectivity index (χ1v) is 5.37. The van der Waals surface area contributed by atoms with Gasteiger partial charge < -0.3 is 16.4 Å². The normalized spacial score (nSPS) is 9.62. The number of carbonyl (C=O) groups excluding carboxylic acids is 2. The Kier molecular flexibility index (Phi) is 4.30.